The van der Waals surface area contributed by atoms with Crippen molar-refractivity contribution in [3.8, 4) is 0 Å². The zero-order chi connectivity index (χ0) is 15.3. The summed E-state index contributed by atoms with van der Waals surface area (Å²) in [5.74, 6) is 0.701. The SMILES string of the molecule is CCc1nnc(N(C)CCC(C)O)c(C(N)=S)c1CC. The zero-order valence-corrected chi connectivity index (χ0v) is 13.5. The van der Waals surface area contributed by atoms with Crippen LogP contribution in [-0.2, 0) is 12.8 Å². The number of aliphatic hydroxyl groups excluding tert-OH is 1. The molecule has 1 aromatic heterocycles. The summed E-state index contributed by atoms with van der Waals surface area (Å²) in [6.07, 6.45) is 1.94. The second-order valence-electron chi connectivity index (χ2n) is 4.95. The van der Waals surface area contributed by atoms with Crippen molar-refractivity contribution in [1.29, 1.82) is 0 Å². The molecule has 112 valence electrons. The van der Waals surface area contributed by atoms with Crippen LogP contribution in [0.25, 0.3) is 0 Å². The number of aryl methyl sites for hydroxylation is 1. The van der Waals surface area contributed by atoms with Gasteiger partial charge in [-0.05, 0) is 31.7 Å². The van der Waals surface area contributed by atoms with Gasteiger partial charge >= 0.3 is 0 Å². The summed E-state index contributed by atoms with van der Waals surface area (Å²) in [6.45, 7) is 6.56. The maximum absolute atomic E-state index is 9.40. The van der Waals surface area contributed by atoms with Crippen molar-refractivity contribution in [2.75, 3.05) is 18.5 Å². The first kappa shape index (κ1) is 16.8. The fourth-order valence-electron chi connectivity index (χ4n) is 2.17. The summed E-state index contributed by atoms with van der Waals surface area (Å²) in [5, 5.41) is 18.0. The van der Waals surface area contributed by atoms with Crippen LogP contribution in [-0.4, -0.2) is 40.0 Å². The van der Waals surface area contributed by atoms with Crippen molar-refractivity contribution in [2.24, 2.45) is 5.73 Å². The van der Waals surface area contributed by atoms with Crippen molar-refractivity contribution in [1.82, 2.24) is 10.2 Å². The Morgan fingerprint density at radius 1 is 1.35 bits per heavy atom. The third-order valence-electron chi connectivity index (χ3n) is 3.32. The second-order valence-corrected chi connectivity index (χ2v) is 5.39. The fourth-order valence-corrected chi connectivity index (χ4v) is 2.39. The standard InChI is InChI=1S/C14H24N4OS/c1-5-10-11(6-2)16-17-14(12(10)13(15)20)18(4)8-7-9(3)19/h9,19H,5-8H2,1-4H3,(H2,15,20). The van der Waals surface area contributed by atoms with Crippen LogP contribution in [0.5, 0.6) is 0 Å². The second kappa shape index (κ2) is 7.50. The molecular formula is C14H24N4OS. The van der Waals surface area contributed by atoms with E-state index >= 15 is 0 Å². The lowest BCUT2D eigenvalue weighted by Crippen LogP contribution is -2.28. The van der Waals surface area contributed by atoms with Crippen LogP contribution < -0.4 is 10.6 Å². The largest absolute Gasteiger partial charge is 0.393 e. The number of aliphatic hydroxyl groups is 1. The topological polar surface area (TPSA) is 75.3 Å². The Bertz CT molecular complexity index is 476. The first-order valence-electron chi connectivity index (χ1n) is 6.99. The molecule has 1 heterocycles. The number of rotatable bonds is 7. The van der Waals surface area contributed by atoms with E-state index in [1.165, 1.54) is 0 Å². The molecule has 0 amide bonds. The van der Waals surface area contributed by atoms with Crippen LogP contribution in [0.15, 0.2) is 0 Å². The van der Waals surface area contributed by atoms with Gasteiger partial charge in [-0.3, -0.25) is 0 Å². The van der Waals surface area contributed by atoms with E-state index in [-0.39, 0.29) is 6.10 Å². The van der Waals surface area contributed by atoms with E-state index in [4.69, 9.17) is 18.0 Å². The molecule has 0 aliphatic carbocycles. The molecule has 1 atom stereocenters. The number of anilines is 1. The van der Waals surface area contributed by atoms with Gasteiger partial charge in [0.05, 0.1) is 17.4 Å². The van der Waals surface area contributed by atoms with E-state index in [2.05, 4.69) is 17.1 Å². The minimum Gasteiger partial charge on any atom is -0.393 e. The molecule has 0 radical (unpaired) electrons. The van der Waals surface area contributed by atoms with Gasteiger partial charge in [-0.15, -0.1) is 5.10 Å². The molecule has 0 aliphatic rings. The van der Waals surface area contributed by atoms with E-state index in [0.717, 1.165) is 29.7 Å². The van der Waals surface area contributed by atoms with Gasteiger partial charge in [0.2, 0.25) is 0 Å². The minimum atomic E-state index is -0.348. The Morgan fingerprint density at radius 3 is 2.45 bits per heavy atom. The van der Waals surface area contributed by atoms with Crippen LogP contribution >= 0.6 is 12.2 Å². The predicted octanol–water partition coefficient (Wildman–Crippen LogP) is 1.44. The summed E-state index contributed by atoms with van der Waals surface area (Å²) in [7, 11) is 1.92. The van der Waals surface area contributed by atoms with Gasteiger partial charge in [0.25, 0.3) is 0 Å². The molecule has 20 heavy (non-hydrogen) atoms. The molecule has 5 nitrogen and oxygen atoms in total. The molecule has 0 saturated heterocycles. The molecular weight excluding hydrogens is 272 g/mol. The van der Waals surface area contributed by atoms with Gasteiger partial charge in [0, 0.05) is 13.6 Å². The zero-order valence-electron chi connectivity index (χ0n) is 12.7. The molecule has 1 aromatic rings. The highest BCUT2D eigenvalue weighted by Gasteiger charge is 2.19. The lowest BCUT2D eigenvalue weighted by Gasteiger charge is -2.23. The minimum absolute atomic E-state index is 0.348. The third-order valence-corrected chi connectivity index (χ3v) is 3.52. The molecule has 0 saturated carbocycles. The summed E-state index contributed by atoms with van der Waals surface area (Å²) in [5.41, 5.74) is 8.74. The molecule has 0 fully saturated rings. The summed E-state index contributed by atoms with van der Waals surface area (Å²) >= 11 is 5.20. The van der Waals surface area contributed by atoms with Gasteiger partial charge in [-0.1, -0.05) is 26.1 Å². The summed E-state index contributed by atoms with van der Waals surface area (Å²) in [4.78, 5) is 2.30. The smallest absolute Gasteiger partial charge is 0.161 e. The number of hydrogen-bond acceptors (Lipinski definition) is 5. The third kappa shape index (κ3) is 3.86. The number of thiocarbonyl (C=S) groups is 1. The van der Waals surface area contributed by atoms with E-state index in [0.29, 0.717) is 23.8 Å². The van der Waals surface area contributed by atoms with E-state index < -0.39 is 0 Å². The highest BCUT2D eigenvalue weighted by Crippen LogP contribution is 2.23. The number of nitrogens with two attached hydrogens (primary N) is 1. The Kier molecular flexibility index (Phi) is 6.29. The molecule has 1 unspecified atom stereocenters. The lowest BCUT2D eigenvalue weighted by atomic mass is 10.0. The average molecular weight is 296 g/mol. The normalized spacial score (nSPS) is 12.2. The molecule has 3 N–H and O–H groups in total. The van der Waals surface area contributed by atoms with Crippen LogP contribution in [0.1, 0.15) is 44.0 Å². The monoisotopic (exact) mass is 296 g/mol. The van der Waals surface area contributed by atoms with Crippen molar-refractivity contribution in [3.63, 3.8) is 0 Å². The van der Waals surface area contributed by atoms with Gasteiger partial charge in [0.15, 0.2) is 5.82 Å². The van der Waals surface area contributed by atoms with Crippen LogP contribution in [0, 0.1) is 0 Å². The molecule has 0 aromatic carbocycles. The number of hydrogen-bond donors (Lipinski definition) is 2. The summed E-state index contributed by atoms with van der Waals surface area (Å²) < 4.78 is 0. The van der Waals surface area contributed by atoms with E-state index in [1.54, 1.807) is 6.92 Å². The average Bonchev–Trinajstić information content (AvgIpc) is 2.42. The van der Waals surface area contributed by atoms with Gasteiger partial charge in [-0.2, -0.15) is 5.10 Å². The van der Waals surface area contributed by atoms with Gasteiger partial charge in [0.1, 0.15) is 4.99 Å². The highest BCUT2D eigenvalue weighted by molar-refractivity contribution is 7.80. The van der Waals surface area contributed by atoms with Gasteiger partial charge in [-0.25, -0.2) is 0 Å². The molecule has 1 rings (SSSR count). The van der Waals surface area contributed by atoms with Crippen molar-refractivity contribution in [3.05, 3.63) is 16.8 Å². The van der Waals surface area contributed by atoms with Crippen LogP contribution in [0.3, 0.4) is 0 Å². The Hall–Kier alpha value is -1.27. The first-order valence-corrected chi connectivity index (χ1v) is 7.40. The van der Waals surface area contributed by atoms with Crippen LogP contribution in [0.2, 0.25) is 0 Å². The Labute approximate surface area is 126 Å². The fraction of sp³-hybridized carbons (Fsp3) is 0.643. The maximum atomic E-state index is 9.40. The predicted molar refractivity (Wildman–Crippen MR) is 86.2 cm³/mol. The molecule has 0 aliphatic heterocycles. The highest BCUT2D eigenvalue weighted by atomic mass is 32.1. The Morgan fingerprint density at radius 2 is 2.00 bits per heavy atom. The maximum Gasteiger partial charge on any atom is 0.161 e. The first-order chi connectivity index (χ1) is 9.42. The lowest BCUT2D eigenvalue weighted by molar-refractivity contribution is 0.187. The molecule has 0 spiro atoms. The van der Waals surface area contributed by atoms with E-state index in [9.17, 15) is 5.11 Å². The van der Waals surface area contributed by atoms with Crippen LogP contribution in [0.4, 0.5) is 5.82 Å². The van der Waals surface area contributed by atoms with Crippen molar-refractivity contribution < 1.29 is 5.11 Å². The quantitative estimate of drug-likeness (QED) is 0.742. The number of aromatic nitrogens is 2. The number of nitrogens with zero attached hydrogens (tertiary/aromatic N) is 3. The van der Waals surface area contributed by atoms with Crippen molar-refractivity contribution >= 4 is 23.0 Å². The molecule has 0 bridgehead atoms. The Balaban J connectivity index is 3.22. The van der Waals surface area contributed by atoms with E-state index in [1.807, 2.05) is 18.9 Å². The van der Waals surface area contributed by atoms with Gasteiger partial charge < -0.3 is 15.7 Å². The summed E-state index contributed by atoms with van der Waals surface area (Å²) in [6, 6.07) is 0. The van der Waals surface area contributed by atoms with Crippen molar-refractivity contribution in [2.45, 2.75) is 46.1 Å². The molecule has 6 heteroatoms.